The molecule has 2 aromatic rings. The van der Waals surface area contributed by atoms with E-state index in [1.54, 1.807) is 0 Å². The van der Waals surface area contributed by atoms with Crippen LogP contribution in [0.4, 0.5) is 0 Å². The third-order valence-electron chi connectivity index (χ3n) is 2.38. The molecule has 14 heavy (non-hydrogen) atoms. The summed E-state index contributed by atoms with van der Waals surface area (Å²) in [7, 11) is 0. The van der Waals surface area contributed by atoms with Gasteiger partial charge in [-0.05, 0) is 32.9 Å². The van der Waals surface area contributed by atoms with Gasteiger partial charge in [-0.2, -0.15) is 0 Å². The molecule has 0 aliphatic heterocycles. The Morgan fingerprint density at radius 2 is 1.86 bits per heavy atom. The Balaban J connectivity index is 2.80. The third kappa shape index (κ3) is 1.42. The van der Waals surface area contributed by atoms with Crippen LogP contribution in [0, 0.1) is 0 Å². The molecule has 2 heteroatoms. The summed E-state index contributed by atoms with van der Waals surface area (Å²) >= 11 is 6.19. The van der Waals surface area contributed by atoms with E-state index >= 15 is 0 Å². The van der Waals surface area contributed by atoms with E-state index in [2.05, 4.69) is 43.7 Å². The minimum absolute atomic E-state index is 0.0761. The van der Waals surface area contributed by atoms with Crippen molar-refractivity contribution in [3.8, 4) is 0 Å². The maximum Gasteiger partial charge on any atom is 0.0674 e. The highest BCUT2D eigenvalue weighted by Crippen LogP contribution is 2.29. The van der Waals surface area contributed by atoms with E-state index in [9.17, 15) is 0 Å². The van der Waals surface area contributed by atoms with Gasteiger partial charge < -0.3 is 4.57 Å². The lowest BCUT2D eigenvalue weighted by molar-refractivity contribution is 0.411. The molecule has 1 heterocycles. The van der Waals surface area contributed by atoms with E-state index in [0.29, 0.717) is 0 Å². The van der Waals surface area contributed by atoms with Gasteiger partial charge in [-0.1, -0.05) is 23.7 Å². The van der Waals surface area contributed by atoms with Gasteiger partial charge >= 0.3 is 0 Å². The number of benzene rings is 1. The molecule has 0 saturated carbocycles. The first-order valence-corrected chi connectivity index (χ1v) is 5.14. The topological polar surface area (TPSA) is 4.93 Å². The van der Waals surface area contributed by atoms with E-state index in [0.717, 1.165) is 10.5 Å². The molecule has 0 amide bonds. The molecule has 0 radical (unpaired) electrons. The first-order valence-electron chi connectivity index (χ1n) is 4.76. The lowest BCUT2D eigenvalue weighted by Gasteiger charge is -2.23. The zero-order valence-corrected chi connectivity index (χ0v) is 9.47. The summed E-state index contributed by atoms with van der Waals surface area (Å²) in [5.74, 6) is 0. The van der Waals surface area contributed by atoms with Crippen LogP contribution in [0.1, 0.15) is 20.8 Å². The molecule has 0 bridgehead atoms. The Morgan fingerprint density at radius 3 is 2.50 bits per heavy atom. The van der Waals surface area contributed by atoms with Crippen LogP contribution < -0.4 is 0 Å². The summed E-state index contributed by atoms with van der Waals surface area (Å²) in [6, 6.07) is 8.11. The van der Waals surface area contributed by atoms with E-state index < -0.39 is 0 Å². The predicted octanol–water partition coefficient (Wildman–Crippen LogP) is 4.05. The van der Waals surface area contributed by atoms with Gasteiger partial charge in [0.25, 0.3) is 0 Å². The zero-order chi connectivity index (χ0) is 10.3. The van der Waals surface area contributed by atoms with E-state index in [-0.39, 0.29) is 5.54 Å². The molecule has 0 N–H and O–H groups in total. The fourth-order valence-electron chi connectivity index (χ4n) is 1.71. The molecule has 0 fully saturated rings. The number of nitrogens with zero attached hydrogens (tertiary/aromatic N) is 1. The van der Waals surface area contributed by atoms with Crippen molar-refractivity contribution in [1.82, 2.24) is 4.57 Å². The smallest absolute Gasteiger partial charge is 0.0674 e. The molecule has 0 aliphatic carbocycles. The predicted molar refractivity (Wildman–Crippen MR) is 61.9 cm³/mol. The average Bonchev–Trinajstić information content (AvgIpc) is 2.47. The number of fused-ring (bicyclic) bond motifs is 1. The maximum absolute atomic E-state index is 6.19. The summed E-state index contributed by atoms with van der Waals surface area (Å²) < 4.78 is 2.21. The van der Waals surface area contributed by atoms with Crippen LogP contribution in [-0.4, -0.2) is 4.57 Å². The summed E-state index contributed by atoms with van der Waals surface area (Å²) in [4.78, 5) is 0. The Bertz CT molecular complexity index is 463. The fourth-order valence-corrected chi connectivity index (χ4v) is 1.98. The zero-order valence-electron chi connectivity index (χ0n) is 8.71. The van der Waals surface area contributed by atoms with Crippen LogP contribution >= 0.6 is 11.6 Å². The molecule has 1 aromatic heterocycles. The first kappa shape index (κ1) is 9.60. The maximum atomic E-state index is 6.19. The van der Waals surface area contributed by atoms with Crippen molar-refractivity contribution in [2.75, 3.05) is 0 Å². The second-order valence-electron chi connectivity index (χ2n) is 4.53. The van der Waals surface area contributed by atoms with Gasteiger partial charge in [-0.15, -0.1) is 0 Å². The second kappa shape index (κ2) is 3.03. The summed E-state index contributed by atoms with van der Waals surface area (Å²) in [6.45, 7) is 6.53. The average molecular weight is 208 g/mol. The van der Waals surface area contributed by atoms with Crippen LogP contribution in [-0.2, 0) is 5.54 Å². The van der Waals surface area contributed by atoms with Crippen LogP contribution in [0.2, 0.25) is 5.02 Å². The summed E-state index contributed by atoms with van der Waals surface area (Å²) in [5, 5.41) is 2.02. The van der Waals surface area contributed by atoms with Crippen molar-refractivity contribution in [3.05, 3.63) is 35.5 Å². The van der Waals surface area contributed by atoms with Crippen LogP contribution in [0.15, 0.2) is 30.5 Å². The molecule has 1 aromatic carbocycles. The van der Waals surface area contributed by atoms with Crippen molar-refractivity contribution in [2.45, 2.75) is 26.3 Å². The largest absolute Gasteiger partial charge is 0.341 e. The fraction of sp³-hybridized carbons (Fsp3) is 0.333. The lowest BCUT2D eigenvalue weighted by atomic mass is 10.1. The number of halogens is 1. The monoisotopic (exact) mass is 207 g/mol. The molecule has 74 valence electrons. The van der Waals surface area contributed by atoms with Gasteiger partial charge in [0.2, 0.25) is 0 Å². The van der Waals surface area contributed by atoms with Crippen molar-refractivity contribution < 1.29 is 0 Å². The molecule has 0 saturated heterocycles. The molecule has 0 atom stereocenters. The SMILES string of the molecule is CC(C)(C)n1ccc2cccc(Cl)c21. The van der Waals surface area contributed by atoms with Gasteiger partial charge in [0.05, 0.1) is 10.5 Å². The Kier molecular flexibility index (Phi) is 2.07. The molecule has 1 nitrogen and oxygen atoms in total. The minimum Gasteiger partial charge on any atom is -0.341 e. The summed E-state index contributed by atoms with van der Waals surface area (Å²) in [5.41, 5.74) is 1.20. The van der Waals surface area contributed by atoms with Gasteiger partial charge in [-0.25, -0.2) is 0 Å². The molecular formula is C12H14ClN. The minimum atomic E-state index is 0.0761. The highest BCUT2D eigenvalue weighted by Gasteiger charge is 2.16. The van der Waals surface area contributed by atoms with Crippen molar-refractivity contribution in [3.63, 3.8) is 0 Å². The van der Waals surface area contributed by atoms with Crippen LogP contribution in [0.3, 0.4) is 0 Å². The van der Waals surface area contributed by atoms with Gasteiger partial charge in [0.1, 0.15) is 0 Å². The van der Waals surface area contributed by atoms with Crippen LogP contribution in [0.25, 0.3) is 10.9 Å². The standard InChI is InChI=1S/C12H14ClN/c1-12(2,3)14-8-7-9-5-4-6-10(13)11(9)14/h4-8H,1-3H3. The van der Waals surface area contributed by atoms with Crippen molar-refractivity contribution in [1.29, 1.82) is 0 Å². The Morgan fingerprint density at radius 1 is 1.14 bits per heavy atom. The molecule has 0 spiro atoms. The third-order valence-corrected chi connectivity index (χ3v) is 2.69. The number of aromatic nitrogens is 1. The van der Waals surface area contributed by atoms with Gasteiger partial charge in [0.15, 0.2) is 0 Å². The van der Waals surface area contributed by atoms with Crippen molar-refractivity contribution >= 4 is 22.5 Å². The van der Waals surface area contributed by atoms with E-state index in [1.807, 2.05) is 12.1 Å². The second-order valence-corrected chi connectivity index (χ2v) is 4.94. The molecule has 2 rings (SSSR count). The first-order chi connectivity index (χ1) is 6.50. The number of hydrogen-bond acceptors (Lipinski definition) is 0. The van der Waals surface area contributed by atoms with E-state index in [4.69, 9.17) is 11.6 Å². The van der Waals surface area contributed by atoms with Gasteiger partial charge in [-0.3, -0.25) is 0 Å². The van der Waals surface area contributed by atoms with Gasteiger partial charge in [0, 0.05) is 17.1 Å². The van der Waals surface area contributed by atoms with Crippen molar-refractivity contribution in [2.24, 2.45) is 0 Å². The summed E-state index contributed by atoms with van der Waals surface area (Å²) in [6.07, 6.45) is 2.09. The normalized spacial score (nSPS) is 12.3. The number of hydrogen-bond donors (Lipinski definition) is 0. The highest BCUT2D eigenvalue weighted by molar-refractivity contribution is 6.35. The highest BCUT2D eigenvalue weighted by atomic mass is 35.5. The number of rotatable bonds is 0. The molecular weight excluding hydrogens is 194 g/mol. The lowest BCUT2D eigenvalue weighted by Crippen LogP contribution is -2.20. The Labute approximate surface area is 89.3 Å². The quantitative estimate of drug-likeness (QED) is 0.614. The Hall–Kier alpha value is -0.950. The van der Waals surface area contributed by atoms with Crippen LogP contribution in [0.5, 0.6) is 0 Å². The molecule has 0 aliphatic rings. The van der Waals surface area contributed by atoms with E-state index in [1.165, 1.54) is 5.39 Å². The molecule has 0 unspecified atom stereocenters. The number of para-hydroxylation sites is 1.